The van der Waals surface area contributed by atoms with E-state index >= 15 is 0 Å². The lowest BCUT2D eigenvalue weighted by Crippen LogP contribution is -2.41. The normalized spacial score (nSPS) is 19.8. The predicted octanol–water partition coefficient (Wildman–Crippen LogP) is 5.39. The molecule has 1 amide bonds. The van der Waals surface area contributed by atoms with Crippen molar-refractivity contribution >= 4 is 17.4 Å². The minimum absolute atomic E-state index is 0.100. The summed E-state index contributed by atoms with van der Waals surface area (Å²) in [5.74, 6) is 0.181. The van der Waals surface area contributed by atoms with Crippen molar-refractivity contribution < 1.29 is 9.59 Å². The number of rotatable bonds is 3. The van der Waals surface area contributed by atoms with E-state index in [4.69, 9.17) is 0 Å². The van der Waals surface area contributed by atoms with Crippen LogP contribution in [0.3, 0.4) is 0 Å². The van der Waals surface area contributed by atoms with E-state index in [-0.39, 0.29) is 17.6 Å². The number of allylic oxidation sites excluding steroid dienone is 2. The van der Waals surface area contributed by atoms with E-state index in [1.54, 1.807) is 0 Å². The van der Waals surface area contributed by atoms with E-state index in [1.807, 2.05) is 11.0 Å². The maximum atomic E-state index is 13.4. The standard InChI is InChI=1S/C25H27NO2/c1-4-18-8-5-7-17(3)25(18)26-21-9-6-10-22(27)24(21)20(15-23(26)28)19-13-11-16(2)12-14-19/h5,7-8,11-14,20H,4,6,9-10,15H2,1-3H3. The Balaban J connectivity index is 1.90. The summed E-state index contributed by atoms with van der Waals surface area (Å²) in [5.41, 5.74) is 7.28. The molecule has 3 nitrogen and oxygen atoms in total. The molecule has 0 bridgehead atoms. The van der Waals surface area contributed by atoms with Crippen molar-refractivity contribution in [3.8, 4) is 0 Å². The molecule has 2 aromatic rings. The maximum Gasteiger partial charge on any atom is 0.232 e. The Labute approximate surface area is 167 Å². The number of carbonyl (C=O) groups is 2. The van der Waals surface area contributed by atoms with Gasteiger partial charge in [-0.05, 0) is 49.8 Å². The van der Waals surface area contributed by atoms with Gasteiger partial charge in [0.1, 0.15) is 0 Å². The van der Waals surface area contributed by atoms with Gasteiger partial charge in [0.05, 0.1) is 5.69 Å². The molecule has 0 radical (unpaired) electrons. The Hall–Kier alpha value is -2.68. The number of Topliss-reactive ketones (excluding diaryl/α,β-unsaturated/α-hetero) is 1. The number of benzene rings is 2. The monoisotopic (exact) mass is 373 g/mol. The molecule has 1 aliphatic heterocycles. The summed E-state index contributed by atoms with van der Waals surface area (Å²) in [6, 6.07) is 14.5. The van der Waals surface area contributed by atoms with Gasteiger partial charge in [-0.25, -0.2) is 0 Å². The fourth-order valence-corrected chi connectivity index (χ4v) is 4.66. The van der Waals surface area contributed by atoms with Gasteiger partial charge in [-0.2, -0.15) is 0 Å². The van der Waals surface area contributed by atoms with Crippen molar-refractivity contribution in [1.82, 2.24) is 0 Å². The number of amides is 1. The third-order valence-electron chi connectivity index (χ3n) is 6.08. The Morgan fingerprint density at radius 3 is 2.46 bits per heavy atom. The van der Waals surface area contributed by atoms with E-state index < -0.39 is 0 Å². The van der Waals surface area contributed by atoms with Crippen molar-refractivity contribution in [2.45, 2.75) is 58.8 Å². The first-order valence-electron chi connectivity index (χ1n) is 10.3. The number of ketones is 1. The molecule has 28 heavy (non-hydrogen) atoms. The highest BCUT2D eigenvalue weighted by Gasteiger charge is 2.40. The summed E-state index contributed by atoms with van der Waals surface area (Å²) < 4.78 is 0. The van der Waals surface area contributed by atoms with Gasteiger partial charge in [-0.15, -0.1) is 0 Å². The van der Waals surface area contributed by atoms with Crippen LogP contribution in [-0.4, -0.2) is 11.7 Å². The smallest absolute Gasteiger partial charge is 0.232 e. The third-order valence-corrected chi connectivity index (χ3v) is 6.08. The molecule has 0 spiro atoms. The van der Waals surface area contributed by atoms with E-state index in [0.29, 0.717) is 12.8 Å². The second kappa shape index (κ2) is 7.38. The van der Waals surface area contributed by atoms with Gasteiger partial charge in [0, 0.05) is 30.0 Å². The zero-order chi connectivity index (χ0) is 19.8. The van der Waals surface area contributed by atoms with Crippen molar-refractivity contribution in [3.63, 3.8) is 0 Å². The molecule has 1 heterocycles. The van der Waals surface area contributed by atoms with Crippen molar-refractivity contribution in [3.05, 3.63) is 76.0 Å². The summed E-state index contributed by atoms with van der Waals surface area (Å²) in [6.07, 6.45) is 3.39. The van der Waals surface area contributed by atoms with Crippen LogP contribution in [-0.2, 0) is 16.0 Å². The van der Waals surface area contributed by atoms with Gasteiger partial charge in [0.25, 0.3) is 0 Å². The topological polar surface area (TPSA) is 37.4 Å². The summed E-state index contributed by atoms with van der Waals surface area (Å²) in [5, 5.41) is 0. The van der Waals surface area contributed by atoms with Crippen molar-refractivity contribution in [2.24, 2.45) is 0 Å². The highest BCUT2D eigenvalue weighted by Crippen LogP contribution is 2.44. The lowest BCUT2D eigenvalue weighted by Gasteiger charge is -2.39. The van der Waals surface area contributed by atoms with Crippen LogP contribution in [0.25, 0.3) is 0 Å². The molecule has 0 N–H and O–H groups in total. The molecule has 1 aliphatic carbocycles. The Kier molecular flexibility index (Phi) is 4.92. The first kappa shape index (κ1) is 18.7. The number of carbonyl (C=O) groups excluding carboxylic acids is 2. The molecule has 0 saturated carbocycles. The van der Waals surface area contributed by atoms with E-state index in [0.717, 1.165) is 52.9 Å². The fourth-order valence-electron chi connectivity index (χ4n) is 4.66. The number of nitrogens with zero attached hydrogens (tertiary/aromatic N) is 1. The lowest BCUT2D eigenvalue weighted by atomic mass is 9.76. The molecular formula is C25H27NO2. The van der Waals surface area contributed by atoms with E-state index in [9.17, 15) is 9.59 Å². The number of aryl methyl sites for hydroxylation is 3. The highest BCUT2D eigenvalue weighted by atomic mass is 16.2. The Bertz CT molecular complexity index is 969. The molecule has 0 aromatic heterocycles. The van der Waals surface area contributed by atoms with Gasteiger partial charge in [-0.1, -0.05) is 55.0 Å². The second-order valence-corrected chi connectivity index (χ2v) is 7.97. The van der Waals surface area contributed by atoms with Gasteiger partial charge < -0.3 is 0 Å². The van der Waals surface area contributed by atoms with E-state index in [2.05, 4.69) is 57.2 Å². The van der Waals surface area contributed by atoms with Crippen LogP contribution in [0, 0.1) is 13.8 Å². The zero-order valence-corrected chi connectivity index (χ0v) is 16.9. The van der Waals surface area contributed by atoms with Crippen molar-refractivity contribution in [2.75, 3.05) is 4.90 Å². The van der Waals surface area contributed by atoms with Gasteiger partial charge >= 0.3 is 0 Å². The minimum atomic E-state index is -0.124. The van der Waals surface area contributed by atoms with E-state index in [1.165, 1.54) is 5.56 Å². The molecule has 144 valence electrons. The van der Waals surface area contributed by atoms with Crippen LogP contribution in [0.2, 0.25) is 0 Å². The number of para-hydroxylation sites is 1. The summed E-state index contributed by atoms with van der Waals surface area (Å²) in [6.45, 7) is 6.22. The lowest BCUT2D eigenvalue weighted by molar-refractivity contribution is -0.119. The molecule has 2 aliphatic rings. The van der Waals surface area contributed by atoms with Crippen LogP contribution in [0.4, 0.5) is 5.69 Å². The van der Waals surface area contributed by atoms with Crippen molar-refractivity contribution in [1.29, 1.82) is 0 Å². The molecule has 1 atom stereocenters. The molecule has 4 rings (SSSR count). The third kappa shape index (κ3) is 3.09. The molecule has 3 heteroatoms. The second-order valence-electron chi connectivity index (χ2n) is 7.97. The first-order chi connectivity index (χ1) is 13.5. The number of anilines is 1. The summed E-state index contributed by atoms with van der Waals surface area (Å²) in [7, 11) is 0. The van der Waals surface area contributed by atoms with Crippen LogP contribution in [0.15, 0.2) is 53.7 Å². The highest BCUT2D eigenvalue weighted by molar-refractivity contribution is 6.08. The number of hydrogen-bond donors (Lipinski definition) is 0. The van der Waals surface area contributed by atoms with Crippen LogP contribution in [0.1, 0.15) is 60.8 Å². The van der Waals surface area contributed by atoms with Gasteiger partial charge in [-0.3, -0.25) is 14.5 Å². The molecule has 2 aromatic carbocycles. The molecular weight excluding hydrogens is 346 g/mol. The number of hydrogen-bond acceptors (Lipinski definition) is 2. The first-order valence-corrected chi connectivity index (χ1v) is 10.3. The predicted molar refractivity (Wildman–Crippen MR) is 112 cm³/mol. The largest absolute Gasteiger partial charge is 0.294 e. The van der Waals surface area contributed by atoms with Crippen LogP contribution >= 0.6 is 0 Å². The zero-order valence-electron chi connectivity index (χ0n) is 16.9. The average molecular weight is 373 g/mol. The fraction of sp³-hybridized carbons (Fsp3) is 0.360. The minimum Gasteiger partial charge on any atom is -0.294 e. The summed E-state index contributed by atoms with van der Waals surface area (Å²) in [4.78, 5) is 28.3. The molecule has 0 saturated heterocycles. The van der Waals surface area contributed by atoms with Gasteiger partial charge in [0.2, 0.25) is 5.91 Å². The van der Waals surface area contributed by atoms with Crippen LogP contribution < -0.4 is 4.90 Å². The maximum absolute atomic E-state index is 13.4. The quantitative estimate of drug-likeness (QED) is 0.723. The molecule has 1 unspecified atom stereocenters. The SMILES string of the molecule is CCc1cccc(C)c1N1C(=O)CC(c2ccc(C)cc2)C2=C1CCCC2=O. The summed E-state index contributed by atoms with van der Waals surface area (Å²) >= 11 is 0. The van der Waals surface area contributed by atoms with Gasteiger partial charge in [0.15, 0.2) is 5.78 Å². The average Bonchev–Trinajstić information content (AvgIpc) is 2.69. The molecule has 0 fully saturated rings. The Morgan fingerprint density at radius 1 is 1.00 bits per heavy atom. The Morgan fingerprint density at radius 2 is 1.75 bits per heavy atom. The van der Waals surface area contributed by atoms with Crippen LogP contribution in [0.5, 0.6) is 0 Å².